The number of carbonyl (C=O) groups is 1. The molecule has 13 heavy (non-hydrogen) atoms. The largest absolute Gasteiger partial charge is 0.302 e. The molecule has 0 aliphatic rings. The smallest absolute Gasteiger partial charge is 0.186 e. The van der Waals surface area contributed by atoms with Gasteiger partial charge < -0.3 is 4.55 Å². The number of hydrogen-bond acceptors (Lipinski definition) is 2. The van der Waals surface area contributed by atoms with Crippen molar-refractivity contribution in [3.63, 3.8) is 0 Å². The van der Waals surface area contributed by atoms with Crippen LogP contribution in [0.5, 0.6) is 0 Å². The van der Waals surface area contributed by atoms with Gasteiger partial charge in [-0.25, -0.2) is 4.21 Å². The van der Waals surface area contributed by atoms with Crippen molar-refractivity contribution in [2.24, 2.45) is 0 Å². The Hall–Kier alpha value is -0.710. The molecule has 3 nitrogen and oxygen atoms in total. The Morgan fingerprint density at radius 3 is 2.62 bits per heavy atom. The van der Waals surface area contributed by atoms with Gasteiger partial charge in [0.2, 0.25) is 0 Å². The van der Waals surface area contributed by atoms with Crippen LogP contribution in [0.15, 0.2) is 23.1 Å². The van der Waals surface area contributed by atoms with E-state index in [2.05, 4.69) is 0 Å². The van der Waals surface area contributed by atoms with Gasteiger partial charge in [-0.3, -0.25) is 4.79 Å². The molecule has 1 N–H and O–H groups in total. The minimum Gasteiger partial charge on any atom is -0.302 e. The normalized spacial score (nSPS) is 12.5. The summed E-state index contributed by atoms with van der Waals surface area (Å²) in [6, 6.07) is 4.16. The van der Waals surface area contributed by atoms with Gasteiger partial charge in [0.05, 0.1) is 9.92 Å². The lowest BCUT2D eigenvalue weighted by Crippen LogP contribution is -1.96. The zero-order chi connectivity index (χ0) is 10.0. The third-order valence-corrected chi connectivity index (χ3v) is 2.51. The minimum atomic E-state index is -2.07. The van der Waals surface area contributed by atoms with Crippen LogP contribution < -0.4 is 0 Å². The molecule has 0 radical (unpaired) electrons. The third kappa shape index (κ3) is 2.37. The van der Waals surface area contributed by atoms with Crippen LogP contribution >= 0.6 is 11.6 Å². The molecule has 1 aromatic carbocycles. The lowest BCUT2D eigenvalue weighted by molar-refractivity contribution is 0.101. The summed E-state index contributed by atoms with van der Waals surface area (Å²) in [6.07, 6.45) is 0. The minimum absolute atomic E-state index is 0.176. The van der Waals surface area contributed by atoms with Crippen LogP contribution in [0.3, 0.4) is 0 Å². The van der Waals surface area contributed by atoms with Gasteiger partial charge in [-0.15, -0.1) is 0 Å². The van der Waals surface area contributed by atoms with Crippen LogP contribution in [0.1, 0.15) is 17.3 Å². The molecule has 0 bridgehead atoms. The molecule has 0 amide bonds. The van der Waals surface area contributed by atoms with E-state index in [1.807, 2.05) is 0 Å². The Morgan fingerprint density at radius 2 is 2.15 bits per heavy atom. The molecular formula is C8H7ClO3S. The molecular weight excluding hydrogens is 212 g/mol. The van der Waals surface area contributed by atoms with Gasteiger partial charge in [-0.1, -0.05) is 11.6 Å². The SMILES string of the molecule is CC(=O)c1cc(S(=O)O)ccc1Cl. The molecule has 0 aliphatic carbocycles. The van der Waals surface area contributed by atoms with Gasteiger partial charge in [0, 0.05) is 5.56 Å². The van der Waals surface area contributed by atoms with Crippen molar-refractivity contribution in [2.75, 3.05) is 0 Å². The van der Waals surface area contributed by atoms with E-state index in [1.54, 1.807) is 0 Å². The van der Waals surface area contributed by atoms with E-state index >= 15 is 0 Å². The summed E-state index contributed by atoms with van der Waals surface area (Å²) in [5, 5.41) is 0.293. The molecule has 1 atom stereocenters. The van der Waals surface area contributed by atoms with Crippen LogP contribution in [-0.4, -0.2) is 14.5 Å². The fraction of sp³-hybridized carbons (Fsp3) is 0.125. The van der Waals surface area contributed by atoms with Gasteiger partial charge in [0.25, 0.3) is 0 Å². The predicted molar refractivity (Wildman–Crippen MR) is 50.5 cm³/mol. The summed E-state index contributed by atoms with van der Waals surface area (Å²) in [7, 11) is 0. The summed E-state index contributed by atoms with van der Waals surface area (Å²) in [5.41, 5.74) is 0.265. The average molecular weight is 219 g/mol. The molecule has 0 saturated heterocycles. The van der Waals surface area contributed by atoms with Crippen LogP contribution in [0.4, 0.5) is 0 Å². The quantitative estimate of drug-likeness (QED) is 0.611. The molecule has 70 valence electrons. The lowest BCUT2D eigenvalue weighted by atomic mass is 10.1. The van der Waals surface area contributed by atoms with E-state index in [0.29, 0.717) is 5.02 Å². The first kappa shape index (κ1) is 10.4. The number of Topliss-reactive ketones (excluding diaryl/α,β-unsaturated/α-hetero) is 1. The van der Waals surface area contributed by atoms with E-state index in [9.17, 15) is 9.00 Å². The summed E-state index contributed by atoms with van der Waals surface area (Å²) >= 11 is 3.62. The third-order valence-electron chi connectivity index (χ3n) is 1.52. The van der Waals surface area contributed by atoms with Crippen LogP contribution in [0.2, 0.25) is 5.02 Å². The zero-order valence-corrected chi connectivity index (χ0v) is 8.35. The molecule has 5 heteroatoms. The second kappa shape index (κ2) is 4.00. The standard InChI is InChI=1S/C8H7ClO3S/c1-5(10)7-4-6(13(11)12)2-3-8(7)9/h2-4H,1H3,(H,11,12). The van der Waals surface area contributed by atoms with E-state index < -0.39 is 11.1 Å². The maximum Gasteiger partial charge on any atom is 0.186 e. The van der Waals surface area contributed by atoms with Crippen molar-refractivity contribution < 1.29 is 13.6 Å². The Balaban J connectivity index is 3.27. The number of benzene rings is 1. The summed E-state index contributed by atoms with van der Waals surface area (Å²) < 4.78 is 19.4. The number of halogens is 1. The monoisotopic (exact) mass is 218 g/mol. The predicted octanol–water partition coefficient (Wildman–Crippen LogP) is 2.12. The molecule has 1 rings (SSSR count). The van der Waals surface area contributed by atoms with Crippen molar-refractivity contribution in [3.05, 3.63) is 28.8 Å². The first-order valence-electron chi connectivity index (χ1n) is 3.43. The fourth-order valence-electron chi connectivity index (χ4n) is 0.883. The maximum atomic E-state index is 11.0. The molecule has 0 aliphatic heterocycles. The van der Waals surface area contributed by atoms with Crippen LogP contribution in [0, 0.1) is 0 Å². The zero-order valence-electron chi connectivity index (χ0n) is 6.78. The Bertz CT molecular complexity index is 376. The molecule has 0 spiro atoms. The Morgan fingerprint density at radius 1 is 1.54 bits per heavy atom. The number of carbonyl (C=O) groups excluding carboxylic acids is 1. The molecule has 1 aromatic rings. The molecule has 1 unspecified atom stereocenters. The second-order valence-electron chi connectivity index (χ2n) is 2.45. The number of ketones is 1. The van der Waals surface area contributed by atoms with Crippen molar-refractivity contribution in [2.45, 2.75) is 11.8 Å². The van der Waals surface area contributed by atoms with E-state index in [4.69, 9.17) is 16.2 Å². The van der Waals surface area contributed by atoms with E-state index in [-0.39, 0.29) is 16.2 Å². The maximum absolute atomic E-state index is 11.0. The van der Waals surface area contributed by atoms with Gasteiger partial charge in [0.1, 0.15) is 0 Å². The first-order chi connectivity index (χ1) is 6.02. The van der Waals surface area contributed by atoms with Gasteiger partial charge >= 0.3 is 0 Å². The number of rotatable bonds is 2. The van der Waals surface area contributed by atoms with Crippen molar-refractivity contribution in [1.29, 1.82) is 0 Å². The number of hydrogen-bond donors (Lipinski definition) is 1. The van der Waals surface area contributed by atoms with E-state index in [0.717, 1.165) is 0 Å². The van der Waals surface area contributed by atoms with Crippen LogP contribution in [-0.2, 0) is 11.1 Å². The highest BCUT2D eigenvalue weighted by molar-refractivity contribution is 7.79. The molecule has 0 saturated carbocycles. The summed E-state index contributed by atoms with van der Waals surface area (Å²) in [4.78, 5) is 11.2. The highest BCUT2D eigenvalue weighted by Crippen LogP contribution is 2.19. The first-order valence-corrected chi connectivity index (χ1v) is 4.92. The topological polar surface area (TPSA) is 54.4 Å². The Labute approximate surface area is 83.0 Å². The molecule has 0 aromatic heterocycles. The lowest BCUT2D eigenvalue weighted by Gasteiger charge is -2.01. The van der Waals surface area contributed by atoms with Gasteiger partial charge in [-0.2, -0.15) is 0 Å². The van der Waals surface area contributed by atoms with Crippen molar-refractivity contribution in [3.8, 4) is 0 Å². The average Bonchev–Trinajstić information content (AvgIpc) is 2.04. The highest BCUT2D eigenvalue weighted by atomic mass is 35.5. The van der Waals surface area contributed by atoms with Crippen molar-refractivity contribution in [1.82, 2.24) is 0 Å². The summed E-state index contributed by atoms with van der Waals surface area (Å²) in [5.74, 6) is -0.225. The summed E-state index contributed by atoms with van der Waals surface area (Å²) in [6.45, 7) is 1.35. The van der Waals surface area contributed by atoms with Gasteiger partial charge in [-0.05, 0) is 25.1 Å². The molecule has 0 fully saturated rings. The van der Waals surface area contributed by atoms with Crippen molar-refractivity contribution >= 4 is 28.5 Å². The highest BCUT2D eigenvalue weighted by Gasteiger charge is 2.08. The van der Waals surface area contributed by atoms with Gasteiger partial charge in [0.15, 0.2) is 16.9 Å². The second-order valence-corrected chi connectivity index (χ2v) is 3.82. The molecule has 0 heterocycles. The van der Waals surface area contributed by atoms with E-state index in [1.165, 1.54) is 25.1 Å². The fourth-order valence-corrected chi connectivity index (χ4v) is 1.54. The van der Waals surface area contributed by atoms with Crippen LogP contribution in [0.25, 0.3) is 0 Å². The Kier molecular flexibility index (Phi) is 3.19.